The van der Waals surface area contributed by atoms with Crippen LogP contribution in [0.3, 0.4) is 0 Å². The van der Waals surface area contributed by atoms with Gasteiger partial charge in [0.15, 0.2) is 0 Å². The lowest BCUT2D eigenvalue weighted by molar-refractivity contribution is -0.121. The second-order valence-electron chi connectivity index (χ2n) is 15.6. The van der Waals surface area contributed by atoms with Gasteiger partial charge in [0.2, 0.25) is 28.4 Å². The predicted octanol–water partition coefficient (Wildman–Crippen LogP) is 3.33. The molecule has 376 valence electrons. The van der Waals surface area contributed by atoms with E-state index in [1.807, 2.05) is 24.3 Å². The Morgan fingerprint density at radius 3 is 1.04 bits per heavy atom. The molecule has 0 atom stereocenters. The molecule has 67 heavy (non-hydrogen) atoms. The van der Waals surface area contributed by atoms with Gasteiger partial charge in [-0.05, 0) is 58.8 Å². The van der Waals surface area contributed by atoms with E-state index in [1.54, 1.807) is 0 Å². The van der Waals surface area contributed by atoms with E-state index < -0.39 is 16.6 Å². The Kier molecular flexibility index (Phi) is 34.3. The zero-order valence-corrected chi connectivity index (χ0v) is 42.0. The second kappa shape index (κ2) is 38.9. The zero-order chi connectivity index (χ0) is 48.5. The van der Waals surface area contributed by atoms with Gasteiger partial charge in [0.1, 0.15) is 0 Å². The van der Waals surface area contributed by atoms with Crippen molar-refractivity contribution in [2.75, 3.05) is 158 Å². The van der Waals surface area contributed by atoms with Gasteiger partial charge in [-0.25, -0.2) is 0 Å². The molecule has 2 rings (SSSR count). The molecule has 0 aliphatic carbocycles. The Bertz CT molecular complexity index is 1600. The van der Waals surface area contributed by atoms with Gasteiger partial charge in [-0.15, -0.1) is 0 Å². The van der Waals surface area contributed by atoms with Crippen LogP contribution in [0.25, 0.3) is 20.9 Å². The van der Waals surface area contributed by atoms with Gasteiger partial charge < -0.3 is 62.1 Å². The standard InChI is InChI=1S/C44H74N8O13Si2/c1-66(2,41-9-5-7-39(35-41)37-43(53)47-11-15-55-19-23-59-27-31-63-33-29-61-25-21-57-17-13-49-51-45)65-67(3,4)42-10-6-8-40(36-42)38-44(54)48-12-16-56-20-24-60-28-32-64-34-30-62-26-22-58-18-14-50-52-46/h5-10,35-36H,11-34,37-38H2,1-4H3,(H,47,53)(H,48,54). The summed E-state index contributed by atoms with van der Waals surface area (Å²) >= 11 is 0. The Hall–Kier alpha value is -4.01. The van der Waals surface area contributed by atoms with Crippen molar-refractivity contribution in [1.82, 2.24) is 10.6 Å². The number of hydrogen-bond acceptors (Lipinski definition) is 15. The molecule has 0 aromatic heterocycles. The van der Waals surface area contributed by atoms with Gasteiger partial charge in [-0.2, -0.15) is 0 Å². The van der Waals surface area contributed by atoms with Crippen molar-refractivity contribution < 1.29 is 61.1 Å². The molecule has 23 heteroatoms. The molecule has 0 fully saturated rings. The number of benzene rings is 2. The average Bonchev–Trinajstić information content (AvgIpc) is 3.30. The highest BCUT2D eigenvalue weighted by Crippen LogP contribution is 2.17. The quantitative estimate of drug-likeness (QED) is 0.0318. The largest absolute Gasteiger partial charge is 0.449 e. The minimum Gasteiger partial charge on any atom is -0.449 e. The Balaban J connectivity index is 1.56. The molecule has 2 aromatic carbocycles. The highest BCUT2D eigenvalue weighted by atomic mass is 28.4. The van der Waals surface area contributed by atoms with E-state index in [-0.39, 0.29) is 24.7 Å². The van der Waals surface area contributed by atoms with Crippen LogP contribution in [0.1, 0.15) is 11.1 Å². The van der Waals surface area contributed by atoms with Crippen LogP contribution in [0.4, 0.5) is 0 Å². The van der Waals surface area contributed by atoms with Crippen molar-refractivity contribution in [1.29, 1.82) is 0 Å². The summed E-state index contributed by atoms with van der Waals surface area (Å²) in [5, 5.41) is 14.9. The van der Waals surface area contributed by atoms with Crippen LogP contribution in [0.2, 0.25) is 26.2 Å². The van der Waals surface area contributed by atoms with Crippen molar-refractivity contribution in [3.8, 4) is 0 Å². The van der Waals surface area contributed by atoms with E-state index in [0.717, 1.165) is 21.5 Å². The Labute approximate surface area is 397 Å². The highest BCUT2D eigenvalue weighted by Gasteiger charge is 2.36. The van der Waals surface area contributed by atoms with E-state index in [4.69, 9.17) is 62.5 Å². The first-order valence-corrected chi connectivity index (χ1v) is 28.6. The van der Waals surface area contributed by atoms with Crippen LogP contribution in [0.15, 0.2) is 58.8 Å². The summed E-state index contributed by atoms with van der Waals surface area (Å²) in [7, 11) is -4.81. The summed E-state index contributed by atoms with van der Waals surface area (Å²) in [6.45, 7) is 18.7. The third kappa shape index (κ3) is 31.6. The molecule has 2 N–H and O–H groups in total. The van der Waals surface area contributed by atoms with Gasteiger partial charge >= 0.3 is 0 Å². The summed E-state index contributed by atoms with van der Waals surface area (Å²) in [6.07, 6.45) is 0.503. The molecule has 0 aliphatic rings. The van der Waals surface area contributed by atoms with Crippen LogP contribution in [0, 0.1) is 0 Å². The summed E-state index contributed by atoms with van der Waals surface area (Å²) in [4.78, 5) is 30.9. The zero-order valence-electron chi connectivity index (χ0n) is 40.0. The molecule has 2 amide bonds. The summed E-state index contributed by atoms with van der Waals surface area (Å²) in [6, 6.07) is 16.2. The number of nitrogens with one attached hydrogen (secondary N) is 2. The maximum Gasteiger partial charge on any atom is 0.224 e. The van der Waals surface area contributed by atoms with E-state index in [0.29, 0.717) is 158 Å². The van der Waals surface area contributed by atoms with E-state index >= 15 is 0 Å². The second-order valence-corrected chi connectivity index (χ2v) is 23.6. The predicted molar refractivity (Wildman–Crippen MR) is 258 cm³/mol. The lowest BCUT2D eigenvalue weighted by Gasteiger charge is -2.35. The topological polar surface area (TPSA) is 257 Å². The average molecular weight is 979 g/mol. The highest BCUT2D eigenvalue weighted by molar-refractivity contribution is 6.96. The Morgan fingerprint density at radius 2 is 0.746 bits per heavy atom. The summed E-state index contributed by atoms with van der Waals surface area (Å²) in [5.74, 6) is -0.161. The molecule has 0 saturated heterocycles. The molecule has 2 aromatic rings. The smallest absolute Gasteiger partial charge is 0.224 e. The minimum atomic E-state index is -2.40. The van der Waals surface area contributed by atoms with Crippen LogP contribution in [-0.2, 0) is 73.9 Å². The van der Waals surface area contributed by atoms with Crippen LogP contribution < -0.4 is 21.0 Å². The first-order chi connectivity index (χ1) is 32.6. The summed E-state index contributed by atoms with van der Waals surface area (Å²) in [5.41, 5.74) is 18.2. The molecule has 0 unspecified atom stereocenters. The first-order valence-electron chi connectivity index (χ1n) is 22.8. The van der Waals surface area contributed by atoms with Crippen molar-refractivity contribution in [3.63, 3.8) is 0 Å². The number of carbonyl (C=O) groups is 2. The van der Waals surface area contributed by atoms with Gasteiger partial charge in [0, 0.05) is 36.0 Å². The molecular weight excluding hydrogens is 905 g/mol. The van der Waals surface area contributed by atoms with E-state index in [9.17, 15) is 9.59 Å². The molecule has 0 spiro atoms. The number of rotatable bonds is 44. The van der Waals surface area contributed by atoms with Crippen LogP contribution in [0.5, 0.6) is 0 Å². The molecule has 21 nitrogen and oxygen atoms in total. The van der Waals surface area contributed by atoms with Crippen molar-refractivity contribution in [2.45, 2.75) is 39.0 Å². The Morgan fingerprint density at radius 1 is 0.463 bits per heavy atom. The molecule has 0 saturated carbocycles. The maximum atomic E-state index is 12.8. The molecular formula is C44H74N8O13Si2. The monoisotopic (exact) mass is 978 g/mol. The van der Waals surface area contributed by atoms with Gasteiger partial charge in [0.25, 0.3) is 0 Å². The van der Waals surface area contributed by atoms with Crippen molar-refractivity contribution >= 4 is 38.8 Å². The third-order valence-corrected chi connectivity index (χ3v) is 16.9. The lowest BCUT2D eigenvalue weighted by atomic mass is 10.1. The minimum absolute atomic E-state index is 0.0807. The lowest BCUT2D eigenvalue weighted by Crippen LogP contribution is -2.57. The van der Waals surface area contributed by atoms with Gasteiger partial charge in [-0.1, -0.05) is 58.8 Å². The SMILES string of the molecule is C[Si](C)(O[Si](C)(C)c1cccc(CC(=O)NCCOCCOCCOCCOCCOCCN=[N+]=[N-])c1)c1cccc(CC(=O)NCCOCCOCCOCCOCCOCCN=[N+]=[N-])c1. The number of nitrogens with zero attached hydrogens (tertiary/aromatic N) is 6. The maximum absolute atomic E-state index is 12.8. The number of azide groups is 2. The molecule has 0 bridgehead atoms. The summed E-state index contributed by atoms with van der Waals surface area (Å²) < 4.78 is 61.5. The van der Waals surface area contributed by atoms with Gasteiger partial charge in [-0.3, -0.25) is 9.59 Å². The van der Waals surface area contributed by atoms with Crippen molar-refractivity contribution in [2.24, 2.45) is 10.2 Å². The number of ether oxygens (including phenoxy) is 10. The van der Waals surface area contributed by atoms with Crippen LogP contribution in [-0.4, -0.2) is 187 Å². The third-order valence-electron chi connectivity index (χ3n) is 9.39. The molecule has 0 heterocycles. The number of carbonyl (C=O) groups excluding carboxylic acids is 2. The van der Waals surface area contributed by atoms with Gasteiger partial charge in [0.05, 0.1) is 145 Å². The number of hydrogen-bond donors (Lipinski definition) is 2. The molecule has 0 aliphatic heterocycles. The van der Waals surface area contributed by atoms with E-state index in [1.165, 1.54) is 0 Å². The molecule has 0 radical (unpaired) electrons. The van der Waals surface area contributed by atoms with Crippen molar-refractivity contribution in [3.05, 3.63) is 80.5 Å². The fourth-order valence-electron chi connectivity index (χ4n) is 6.15. The van der Waals surface area contributed by atoms with Crippen LogP contribution >= 0.6 is 0 Å². The normalized spacial score (nSPS) is 11.5. The fourth-order valence-corrected chi connectivity index (χ4v) is 14.3. The number of amides is 2. The first kappa shape index (κ1) is 59.1. The van der Waals surface area contributed by atoms with E-state index in [2.05, 4.69) is 81.1 Å². The fraction of sp³-hybridized carbons (Fsp3) is 0.682.